The van der Waals surface area contributed by atoms with Crippen molar-refractivity contribution in [3.8, 4) is 5.75 Å². The van der Waals surface area contributed by atoms with Gasteiger partial charge in [0, 0.05) is 37.1 Å². The molecule has 5 rings (SSSR count). The summed E-state index contributed by atoms with van der Waals surface area (Å²) >= 11 is 6.48. The average molecular weight is 475 g/mol. The largest absolute Gasteiger partial charge is 0.486 e. The molecule has 0 spiro atoms. The number of hydrogen-bond acceptors (Lipinski definition) is 6. The van der Waals surface area contributed by atoms with Crippen LogP contribution in [0.2, 0.25) is 5.02 Å². The van der Waals surface area contributed by atoms with E-state index in [0.29, 0.717) is 36.3 Å². The van der Waals surface area contributed by atoms with Gasteiger partial charge in [0.1, 0.15) is 30.1 Å². The molecule has 8 nitrogen and oxygen atoms in total. The Bertz CT molecular complexity index is 1340. The van der Waals surface area contributed by atoms with Crippen molar-refractivity contribution < 1.29 is 9.53 Å². The SMILES string of the molecule is C=CC(=O)N1CCC(c2c[nH]c3ncnc(Nc4ccc(OCc5ccccn5)c(Cl)c4)c23)C1. The van der Waals surface area contributed by atoms with Crippen LogP contribution < -0.4 is 10.1 Å². The zero-order valence-electron chi connectivity index (χ0n) is 18.4. The average Bonchev–Trinajstić information content (AvgIpc) is 3.52. The van der Waals surface area contributed by atoms with Gasteiger partial charge < -0.3 is 19.9 Å². The summed E-state index contributed by atoms with van der Waals surface area (Å²) in [5, 5.41) is 4.75. The molecule has 9 heteroatoms. The van der Waals surface area contributed by atoms with Crippen LogP contribution in [-0.4, -0.2) is 43.8 Å². The molecule has 1 aliphatic rings. The van der Waals surface area contributed by atoms with Crippen LogP contribution in [0, 0.1) is 0 Å². The van der Waals surface area contributed by atoms with E-state index < -0.39 is 0 Å². The van der Waals surface area contributed by atoms with Crippen LogP contribution in [0.3, 0.4) is 0 Å². The minimum absolute atomic E-state index is 0.0445. The summed E-state index contributed by atoms with van der Waals surface area (Å²) in [4.78, 5) is 30.2. The van der Waals surface area contributed by atoms with E-state index in [4.69, 9.17) is 16.3 Å². The van der Waals surface area contributed by atoms with Crippen molar-refractivity contribution in [2.24, 2.45) is 0 Å². The summed E-state index contributed by atoms with van der Waals surface area (Å²) in [7, 11) is 0. The van der Waals surface area contributed by atoms with Gasteiger partial charge in [0.05, 0.1) is 16.1 Å². The standard InChI is InChI=1S/C25H23ClN6O2/c1-2-22(33)32-10-8-16(13-32)19-12-28-24-23(19)25(30-15-29-24)31-17-6-7-21(20(26)11-17)34-14-18-5-3-4-9-27-18/h2-7,9,11-12,15-16H,1,8,10,13-14H2,(H2,28,29,30,31). The van der Waals surface area contributed by atoms with Gasteiger partial charge >= 0.3 is 0 Å². The van der Waals surface area contributed by atoms with Crippen LogP contribution in [0.5, 0.6) is 5.75 Å². The number of pyridine rings is 1. The zero-order valence-corrected chi connectivity index (χ0v) is 19.1. The first-order chi connectivity index (χ1) is 16.6. The fourth-order valence-corrected chi connectivity index (χ4v) is 4.45. The van der Waals surface area contributed by atoms with Gasteiger partial charge in [0.25, 0.3) is 0 Å². The number of nitrogens with one attached hydrogen (secondary N) is 2. The Hall–Kier alpha value is -3.91. The first-order valence-electron chi connectivity index (χ1n) is 10.9. The van der Waals surface area contributed by atoms with E-state index in [0.717, 1.165) is 34.4 Å². The number of halogens is 1. The van der Waals surface area contributed by atoms with Crippen molar-refractivity contribution in [3.05, 3.63) is 84.1 Å². The molecule has 34 heavy (non-hydrogen) atoms. The molecule has 1 fully saturated rings. The Morgan fingerprint density at radius 1 is 1.29 bits per heavy atom. The molecule has 1 aliphatic heterocycles. The number of H-pyrrole nitrogens is 1. The number of rotatable bonds is 7. The summed E-state index contributed by atoms with van der Waals surface area (Å²) < 4.78 is 5.82. The Balaban J connectivity index is 1.36. The first-order valence-corrected chi connectivity index (χ1v) is 11.3. The number of hydrogen-bond donors (Lipinski definition) is 2. The quantitative estimate of drug-likeness (QED) is 0.372. The van der Waals surface area contributed by atoms with Crippen molar-refractivity contribution in [2.75, 3.05) is 18.4 Å². The smallest absolute Gasteiger partial charge is 0.245 e. The minimum atomic E-state index is -0.0445. The number of carbonyl (C=O) groups is 1. The van der Waals surface area contributed by atoms with Gasteiger partial charge in [-0.25, -0.2) is 9.97 Å². The van der Waals surface area contributed by atoms with E-state index in [2.05, 4.69) is 31.8 Å². The van der Waals surface area contributed by atoms with Gasteiger partial charge in [-0.1, -0.05) is 24.2 Å². The van der Waals surface area contributed by atoms with E-state index >= 15 is 0 Å². The number of nitrogens with zero attached hydrogens (tertiary/aromatic N) is 4. The number of benzene rings is 1. The Kier molecular flexibility index (Phi) is 6.14. The summed E-state index contributed by atoms with van der Waals surface area (Å²) in [6, 6.07) is 11.2. The molecule has 1 saturated heterocycles. The summed E-state index contributed by atoms with van der Waals surface area (Å²) in [5.74, 6) is 1.39. The Labute approximate surface area is 201 Å². The van der Waals surface area contributed by atoms with Crippen molar-refractivity contribution in [3.63, 3.8) is 0 Å². The molecule has 4 aromatic rings. The number of ether oxygens (including phenoxy) is 1. The molecule has 4 heterocycles. The molecular weight excluding hydrogens is 452 g/mol. The maximum atomic E-state index is 12.0. The lowest BCUT2D eigenvalue weighted by Crippen LogP contribution is -2.26. The number of aromatic nitrogens is 4. The van der Waals surface area contributed by atoms with Crippen LogP contribution >= 0.6 is 11.6 Å². The highest BCUT2D eigenvalue weighted by Crippen LogP contribution is 2.36. The molecule has 1 amide bonds. The molecule has 2 N–H and O–H groups in total. The fourth-order valence-electron chi connectivity index (χ4n) is 4.21. The third kappa shape index (κ3) is 4.45. The molecule has 172 valence electrons. The number of aromatic amines is 1. The third-order valence-corrected chi connectivity index (χ3v) is 6.21. The van der Waals surface area contributed by atoms with Crippen LogP contribution in [0.4, 0.5) is 11.5 Å². The van der Waals surface area contributed by atoms with E-state index in [1.807, 2.05) is 41.4 Å². The van der Waals surface area contributed by atoms with Crippen LogP contribution in [-0.2, 0) is 11.4 Å². The van der Waals surface area contributed by atoms with Crippen molar-refractivity contribution in [2.45, 2.75) is 18.9 Å². The lowest BCUT2D eigenvalue weighted by atomic mass is 9.98. The molecule has 0 saturated carbocycles. The van der Waals surface area contributed by atoms with Gasteiger partial charge in [-0.05, 0) is 48.4 Å². The topological polar surface area (TPSA) is 96.0 Å². The number of fused-ring (bicyclic) bond motifs is 1. The second kappa shape index (κ2) is 9.52. The highest BCUT2D eigenvalue weighted by atomic mass is 35.5. The summed E-state index contributed by atoms with van der Waals surface area (Å²) in [5.41, 5.74) is 3.42. The van der Waals surface area contributed by atoms with Crippen LogP contribution in [0.1, 0.15) is 23.6 Å². The molecule has 1 atom stereocenters. The van der Waals surface area contributed by atoms with Gasteiger partial charge in [-0.3, -0.25) is 9.78 Å². The monoisotopic (exact) mass is 474 g/mol. The van der Waals surface area contributed by atoms with E-state index in [9.17, 15) is 4.79 Å². The predicted octanol–water partition coefficient (Wildman–Crippen LogP) is 4.83. The molecular formula is C25H23ClN6O2. The minimum Gasteiger partial charge on any atom is -0.486 e. The van der Waals surface area contributed by atoms with Crippen LogP contribution in [0.15, 0.2) is 67.8 Å². The van der Waals surface area contributed by atoms with E-state index in [1.165, 1.54) is 12.4 Å². The molecule has 0 aliphatic carbocycles. The number of anilines is 2. The van der Waals surface area contributed by atoms with Gasteiger partial charge in [0.2, 0.25) is 5.91 Å². The fraction of sp³-hybridized carbons (Fsp3) is 0.200. The Morgan fingerprint density at radius 3 is 3.00 bits per heavy atom. The molecule has 1 unspecified atom stereocenters. The highest BCUT2D eigenvalue weighted by molar-refractivity contribution is 6.32. The lowest BCUT2D eigenvalue weighted by molar-refractivity contribution is -0.125. The van der Waals surface area contributed by atoms with Gasteiger partial charge in [-0.15, -0.1) is 0 Å². The third-order valence-electron chi connectivity index (χ3n) is 5.91. The maximum Gasteiger partial charge on any atom is 0.245 e. The predicted molar refractivity (Wildman–Crippen MR) is 131 cm³/mol. The van der Waals surface area contributed by atoms with E-state index in [-0.39, 0.29) is 11.8 Å². The zero-order chi connectivity index (χ0) is 23.5. The van der Waals surface area contributed by atoms with E-state index in [1.54, 1.807) is 12.3 Å². The summed E-state index contributed by atoms with van der Waals surface area (Å²) in [6.07, 6.45) is 7.43. The molecule has 0 bridgehead atoms. The first kappa shape index (κ1) is 21.9. The Morgan fingerprint density at radius 2 is 2.21 bits per heavy atom. The second-order valence-electron chi connectivity index (χ2n) is 8.04. The van der Waals surface area contributed by atoms with Crippen molar-refractivity contribution in [1.82, 2.24) is 24.8 Å². The molecule has 1 aromatic carbocycles. The number of amides is 1. The number of likely N-dealkylation sites (tertiary alicyclic amines) is 1. The van der Waals surface area contributed by atoms with Gasteiger partial charge in [-0.2, -0.15) is 0 Å². The van der Waals surface area contributed by atoms with Crippen LogP contribution in [0.25, 0.3) is 11.0 Å². The van der Waals surface area contributed by atoms with Crippen molar-refractivity contribution >= 4 is 40.0 Å². The highest BCUT2D eigenvalue weighted by Gasteiger charge is 2.29. The summed E-state index contributed by atoms with van der Waals surface area (Å²) in [6.45, 7) is 5.27. The van der Waals surface area contributed by atoms with Gasteiger partial charge in [0.15, 0.2) is 0 Å². The number of carbonyl (C=O) groups excluding carboxylic acids is 1. The molecule has 0 radical (unpaired) electrons. The normalized spacial score (nSPS) is 15.4. The lowest BCUT2D eigenvalue weighted by Gasteiger charge is -2.15. The molecule has 3 aromatic heterocycles. The maximum absolute atomic E-state index is 12.0. The second-order valence-corrected chi connectivity index (χ2v) is 8.45. The van der Waals surface area contributed by atoms with Crippen molar-refractivity contribution in [1.29, 1.82) is 0 Å².